The Kier molecular flexibility index (Phi) is 9.27. The lowest BCUT2D eigenvalue weighted by atomic mass is 9.83. The largest absolute Gasteiger partial charge is 0.550 e. The molecule has 0 heterocycles. The Morgan fingerprint density at radius 2 is 1.96 bits per heavy atom. The van der Waals surface area contributed by atoms with Crippen LogP contribution >= 0.6 is 0 Å². The molecule has 0 aliphatic rings. The number of halogens is 1. The molecule has 0 unspecified atom stereocenters. The van der Waals surface area contributed by atoms with E-state index in [9.17, 15) is 24.5 Å². The normalized spacial score (nSPS) is 14.0. The first kappa shape index (κ1) is 22.4. The number of carboxylic acids is 1. The monoisotopic (exact) mass is 375 g/mol. The first-order valence-electron chi connectivity index (χ1n) is 8.47. The van der Waals surface area contributed by atoms with Gasteiger partial charge in [0.1, 0.15) is 30.4 Å². The van der Waals surface area contributed by atoms with Crippen LogP contribution in [-0.4, -0.2) is 35.0 Å². The lowest BCUT2D eigenvalue weighted by Crippen LogP contribution is -2.31. The van der Waals surface area contributed by atoms with Crippen molar-refractivity contribution in [3.63, 3.8) is 0 Å². The van der Waals surface area contributed by atoms with E-state index in [2.05, 4.69) is 11.8 Å². The summed E-state index contributed by atoms with van der Waals surface area (Å²) in [5, 5.41) is 30.2. The summed E-state index contributed by atoms with van der Waals surface area (Å²) in [5.74, 6) is 4.20. The number of carbonyl (C=O) groups is 1. The molecule has 0 saturated carbocycles. The van der Waals surface area contributed by atoms with Gasteiger partial charge in [-0.05, 0) is 48.6 Å². The van der Waals surface area contributed by atoms with E-state index < -0.39 is 23.6 Å². The highest BCUT2D eigenvalue weighted by atomic mass is 19.1. The molecular formula is C21H24FO5-. The molecule has 1 aromatic carbocycles. The molecular weight excluding hydrogens is 351 g/mol. The Hall–Kier alpha value is -2.62. The van der Waals surface area contributed by atoms with Gasteiger partial charge in [-0.3, -0.25) is 0 Å². The second kappa shape index (κ2) is 11.2. The standard InChI is InChI=1S/C21H25FO5/c1-21(2,14-20(25)26)13-17(23)7-5-3-4-6-8-18(24)15-27-19-11-9-16(22)10-12-19/h3-4,6,8-12,17-18,23-24H,13-15H2,1-2H3,(H,25,26)/p-1/b4-3+,8-6+/t17-,18+/m1/s1. The minimum absolute atomic E-state index is 0.0217. The first-order chi connectivity index (χ1) is 12.7. The second-order valence-electron chi connectivity index (χ2n) is 6.80. The smallest absolute Gasteiger partial charge is 0.123 e. The van der Waals surface area contributed by atoms with Gasteiger partial charge >= 0.3 is 0 Å². The van der Waals surface area contributed by atoms with Crippen molar-refractivity contribution in [2.75, 3.05) is 6.61 Å². The molecule has 1 rings (SSSR count). The topological polar surface area (TPSA) is 89.8 Å². The molecule has 5 nitrogen and oxygen atoms in total. The van der Waals surface area contributed by atoms with Gasteiger partial charge in [0.25, 0.3) is 0 Å². The van der Waals surface area contributed by atoms with E-state index in [1.165, 1.54) is 36.4 Å². The highest BCUT2D eigenvalue weighted by Crippen LogP contribution is 2.26. The van der Waals surface area contributed by atoms with Crippen molar-refractivity contribution in [2.24, 2.45) is 5.41 Å². The summed E-state index contributed by atoms with van der Waals surface area (Å²) in [5.41, 5.74) is -0.606. The van der Waals surface area contributed by atoms with Crippen LogP contribution in [0.4, 0.5) is 4.39 Å². The Bertz CT molecular complexity index is 710. The molecule has 0 saturated heterocycles. The Labute approximate surface area is 158 Å². The van der Waals surface area contributed by atoms with Crippen LogP contribution < -0.4 is 9.84 Å². The van der Waals surface area contributed by atoms with Crippen LogP contribution in [-0.2, 0) is 4.79 Å². The van der Waals surface area contributed by atoms with E-state index in [0.29, 0.717) is 5.75 Å². The molecule has 1 aromatic rings. The fraction of sp³-hybridized carbons (Fsp3) is 0.381. The fourth-order valence-corrected chi connectivity index (χ4v) is 2.25. The van der Waals surface area contributed by atoms with Crippen molar-refractivity contribution < 1.29 is 29.2 Å². The predicted octanol–water partition coefficient (Wildman–Crippen LogP) is 1.60. The predicted molar refractivity (Wildman–Crippen MR) is 98.0 cm³/mol. The molecule has 27 heavy (non-hydrogen) atoms. The summed E-state index contributed by atoms with van der Waals surface area (Å²) in [7, 11) is 0. The molecule has 0 spiro atoms. The number of aliphatic hydroxyl groups is 2. The molecule has 0 aliphatic carbocycles. The maximum Gasteiger partial charge on any atom is 0.123 e. The minimum atomic E-state index is -1.16. The molecule has 0 aromatic heterocycles. The number of carbonyl (C=O) groups excluding carboxylic acids is 1. The van der Waals surface area contributed by atoms with E-state index >= 15 is 0 Å². The van der Waals surface area contributed by atoms with Crippen molar-refractivity contribution in [1.29, 1.82) is 0 Å². The summed E-state index contributed by atoms with van der Waals surface area (Å²) >= 11 is 0. The Morgan fingerprint density at radius 3 is 2.59 bits per heavy atom. The van der Waals surface area contributed by atoms with Gasteiger partial charge in [-0.2, -0.15) is 0 Å². The van der Waals surface area contributed by atoms with E-state index in [1.54, 1.807) is 26.0 Å². The average Bonchev–Trinajstić information content (AvgIpc) is 2.55. The molecule has 0 radical (unpaired) electrons. The maximum absolute atomic E-state index is 12.8. The number of benzene rings is 1. The average molecular weight is 375 g/mol. The summed E-state index contributed by atoms with van der Waals surface area (Å²) in [6, 6.07) is 5.49. The summed E-state index contributed by atoms with van der Waals surface area (Å²) in [4.78, 5) is 10.6. The van der Waals surface area contributed by atoms with Crippen LogP contribution in [0.3, 0.4) is 0 Å². The molecule has 2 N–H and O–H groups in total. The van der Waals surface area contributed by atoms with E-state index in [1.807, 2.05) is 0 Å². The zero-order chi connectivity index (χ0) is 20.3. The maximum atomic E-state index is 12.8. The SMILES string of the molecule is CC(C)(CC(=O)[O-])C[C@H](O)C#C/C=C/C=C/[C@H](O)COc1ccc(F)cc1. The van der Waals surface area contributed by atoms with E-state index in [-0.39, 0.29) is 25.3 Å². The summed E-state index contributed by atoms with van der Waals surface area (Å²) < 4.78 is 18.1. The molecule has 6 heteroatoms. The number of hydrogen-bond acceptors (Lipinski definition) is 5. The van der Waals surface area contributed by atoms with Gasteiger partial charge in [0.05, 0.1) is 0 Å². The van der Waals surface area contributed by atoms with Gasteiger partial charge in [-0.1, -0.05) is 43.9 Å². The van der Waals surface area contributed by atoms with Gasteiger partial charge in [0.15, 0.2) is 0 Å². The number of rotatable bonds is 9. The molecule has 0 bridgehead atoms. The Morgan fingerprint density at radius 1 is 1.30 bits per heavy atom. The van der Waals surface area contributed by atoms with Crippen molar-refractivity contribution in [2.45, 2.75) is 38.9 Å². The molecule has 0 aliphatic heterocycles. The van der Waals surface area contributed by atoms with Gasteiger partial charge < -0.3 is 24.9 Å². The third-order valence-electron chi connectivity index (χ3n) is 3.48. The first-order valence-corrected chi connectivity index (χ1v) is 8.47. The quantitative estimate of drug-likeness (QED) is 0.505. The lowest BCUT2D eigenvalue weighted by molar-refractivity contribution is -0.308. The zero-order valence-electron chi connectivity index (χ0n) is 15.4. The number of hydrogen-bond donors (Lipinski definition) is 2. The fourth-order valence-electron chi connectivity index (χ4n) is 2.25. The van der Waals surface area contributed by atoms with Crippen LogP contribution in [0.25, 0.3) is 0 Å². The number of allylic oxidation sites excluding steroid dienone is 3. The number of aliphatic carboxylic acids is 1. The van der Waals surface area contributed by atoms with Gasteiger partial charge in [0.2, 0.25) is 0 Å². The Balaban J connectivity index is 2.35. The number of aliphatic hydroxyl groups excluding tert-OH is 2. The lowest BCUT2D eigenvalue weighted by Gasteiger charge is -2.25. The van der Waals surface area contributed by atoms with Gasteiger partial charge in [0, 0.05) is 5.97 Å². The van der Waals surface area contributed by atoms with Crippen molar-refractivity contribution in [3.8, 4) is 17.6 Å². The number of ether oxygens (including phenoxy) is 1. The molecule has 0 amide bonds. The van der Waals surface area contributed by atoms with Crippen molar-refractivity contribution >= 4 is 5.97 Å². The van der Waals surface area contributed by atoms with Crippen LogP contribution in [0.2, 0.25) is 0 Å². The van der Waals surface area contributed by atoms with Crippen molar-refractivity contribution in [1.82, 2.24) is 0 Å². The van der Waals surface area contributed by atoms with E-state index in [4.69, 9.17) is 4.74 Å². The van der Waals surface area contributed by atoms with Crippen LogP contribution in [0.15, 0.2) is 48.6 Å². The molecule has 2 atom stereocenters. The zero-order valence-corrected chi connectivity index (χ0v) is 15.4. The van der Waals surface area contributed by atoms with Crippen LogP contribution in [0.5, 0.6) is 5.75 Å². The highest BCUT2D eigenvalue weighted by molar-refractivity contribution is 5.65. The molecule has 146 valence electrons. The second-order valence-corrected chi connectivity index (χ2v) is 6.80. The van der Waals surface area contributed by atoms with Crippen LogP contribution in [0, 0.1) is 23.1 Å². The minimum Gasteiger partial charge on any atom is -0.550 e. The van der Waals surface area contributed by atoms with Crippen LogP contribution in [0.1, 0.15) is 26.7 Å². The number of carboxylic acid groups (broad SMARTS) is 1. The van der Waals surface area contributed by atoms with E-state index in [0.717, 1.165) is 0 Å². The summed E-state index contributed by atoms with van der Waals surface area (Å²) in [6.45, 7) is 3.47. The van der Waals surface area contributed by atoms with Gasteiger partial charge in [-0.15, -0.1) is 0 Å². The van der Waals surface area contributed by atoms with Gasteiger partial charge in [-0.25, -0.2) is 4.39 Å². The third-order valence-corrected chi connectivity index (χ3v) is 3.48. The third kappa shape index (κ3) is 10.9. The highest BCUT2D eigenvalue weighted by Gasteiger charge is 2.21. The molecule has 0 fully saturated rings. The van der Waals surface area contributed by atoms with Crippen molar-refractivity contribution in [3.05, 3.63) is 54.4 Å². The summed E-state index contributed by atoms with van der Waals surface area (Å²) in [6.07, 6.45) is 4.46.